The quantitative estimate of drug-likeness (QED) is 0.703. The molecule has 1 amide bonds. The lowest BCUT2D eigenvalue weighted by Gasteiger charge is -2.27. The van der Waals surface area contributed by atoms with Gasteiger partial charge in [0, 0.05) is 18.3 Å². The number of carbonyl (C=O) groups is 1. The maximum atomic E-state index is 12.4. The largest absolute Gasteiger partial charge is 0.406 e. The molecule has 0 aromatic carbocycles. The fraction of sp³-hybridized carbons (Fsp3) is 0.917. The molecule has 106 valence electrons. The highest BCUT2D eigenvalue weighted by molar-refractivity contribution is 9.09. The molecule has 0 aliphatic heterocycles. The second kappa shape index (κ2) is 7.36. The average molecular weight is 330 g/mol. The Bertz CT molecular complexity index is 265. The van der Waals surface area contributed by atoms with Crippen molar-refractivity contribution in [3.05, 3.63) is 0 Å². The highest BCUT2D eigenvalue weighted by Crippen LogP contribution is 2.27. The summed E-state index contributed by atoms with van der Waals surface area (Å²) in [7, 11) is 0. The van der Waals surface area contributed by atoms with Crippen LogP contribution in [-0.4, -0.2) is 35.4 Å². The molecule has 2 nitrogen and oxygen atoms in total. The van der Waals surface area contributed by atoms with Gasteiger partial charge in [-0.3, -0.25) is 4.79 Å². The second-order valence-electron chi connectivity index (χ2n) is 4.83. The summed E-state index contributed by atoms with van der Waals surface area (Å²) in [4.78, 5) is 12.8. The summed E-state index contributed by atoms with van der Waals surface area (Å²) in [5.41, 5.74) is 0. The molecule has 0 aromatic rings. The number of nitrogens with zero attached hydrogens (tertiary/aromatic N) is 1. The maximum Gasteiger partial charge on any atom is 0.406 e. The monoisotopic (exact) mass is 329 g/mol. The first-order chi connectivity index (χ1) is 8.42. The van der Waals surface area contributed by atoms with Gasteiger partial charge in [-0.1, -0.05) is 35.2 Å². The molecule has 18 heavy (non-hydrogen) atoms. The van der Waals surface area contributed by atoms with Crippen molar-refractivity contribution in [3.8, 4) is 0 Å². The third-order valence-corrected chi connectivity index (χ3v) is 3.62. The van der Waals surface area contributed by atoms with Crippen LogP contribution in [0, 0.1) is 5.92 Å². The van der Waals surface area contributed by atoms with Gasteiger partial charge in [-0.2, -0.15) is 13.2 Å². The van der Waals surface area contributed by atoms with E-state index in [-0.39, 0.29) is 24.8 Å². The molecule has 1 fully saturated rings. The van der Waals surface area contributed by atoms with Gasteiger partial charge in [0.15, 0.2) is 0 Å². The minimum Gasteiger partial charge on any atom is -0.333 e. The highest BCUT2D eigenvalue weighted by Gasteiger charge is 2.33. The predicted octanol–water partition coefficient (Wildman–Crippen LogP) is 3.74. The molecule has 0 aromatic heterocycles. The normalized spacial score (nSPS) is 17.8. The first kappa shape index (κ1) is 15.8. The summed E-state index contributed by atoms with van der Waals surface area (Å²) < 4.78 is 37.1. The molecule has 0 saturated heterocycles. The predicted molar refractivity (Wildman–Crippen MR) is 67.6 cm³/mol. The average Bonchev–Trinajstić information content (AvgIpc) is 2.28. The number of halogens is 4. The molecule has 6 heteroatoms. The molecular weight excluding hydrogens is 311 g/mol. The molecule has 0 bridgehead atoms. The molecule has 1 rings (SSSR count). The summed E-state index contributed by atoms with van der Waals surface area (Å²) >= 11 is 3.09. The van der Waals surface area contributed by atoms with Gasteiger partial charge in [0.25, 0.3) is 0 Å². The van der Waals surface area contributed by atoms with Crippen LogP contribution in [0.2, 0.25) is 0 Å². The Labute approximate surface area is 114 Å². The molecular formula is C12H19BrF3NO. The van der Waals surface area contributed by atoms with E-state index in [1.54, 1.807) is 0 Å². The van der Waals surface area contributed by atoms with Crippen molar-refractivity contribution >= 4 is 21.8 Å². The fourth-order valence-electron chi connectivity index (χ4n) is 2.38. The molecule has 0 heterocycles. The second-order valence-corrected chi connectivity index (χ2v) is 5.62. The van der Waals surface area contributed by atoms with E-state index in [0.717, 1.165) is 30.6 Å². The van der Waals surface area contributed by atoms with Gasteiger partial charge >= 0.3 is 6.18 Å². The Morgan fingerprint density at radius 2 is 1.83 bits per heavy atom. The van der Waals surface area contributed by atoms with E-state index in [0.29, 0.717) is 5.33 Å². The van der Waals surface area contributed by atoms with E-state index in [1.165, 1.54) is 6.42 Å². The topological polar surface area (TPSA) is 20.3 Å². The molecule has 1 saturated carbocycles. The van der Waals surface area contributed by atoms with Gasteiger partial charge in [-0.05, 0) is 18.8 Å². The first-order valence-corrected chi connectivity index (χ1v) is 7.45. The van der Waals surface area contributed by atoms with Crippen LogP contribution in [0.3, 0.4) is 0 Å². The SMILES string of the molecule is O=C(CC1CCCCC1)N(CCBr)CC(F)(F)F. The Morgan fingerprint density at radius 3 is 2.33 bits per heavy atom. The molecule has 0 N–H and O–H groups in total. The van der Waals surface area contributed by atoms with Gasteiger partial charge in [0.1, 0.15) is 6.54 Å². The van der Waals surface area contributed by atoms with Gasteiger partial charge in [-0.25, -0.2) is 0 Å². The number of hydrogen-bond donors (Lipinski definition) is 0. The van der Waals surface area contributed by atoms with Gasteiger partial charge in [0.05, 0.1) is 0 Å². The number of alkyl halides is 4. The molecule has 0 atom stereocenters. The molecule has 0 spiro atoms. The molecule has 0 unspecified atom stereocenters. The zero-order valence-corrected chi connectivity index (χ0v) is 11.9. The first-order valence-electron chi connectivity index (χ1n) is 6.33. The zero-order chi connectivity index (χ0) is 13.6. The van der Waals surface area contributed by atoms with Crippen LogP contribution in [0.15, 0.2) is 0 Å². The lowest BCUT2D eigenvalue weighted by Crippen LogP contribution is -2.40. The van der Waals surface area contributed by atoms with Gasteiger partial charge in [-0.15, -0.1) is 0 Å². The minimum atomic E-state index is -4.32. The van der Waals surface area contributed by atoms with Crippen LogP contribution < -0.4 is 0 Å². The van der Waals surface area contributed by atoms with Crippen LogP contribution in [0.5, 0.6) is 0 Å². The van der Waals surface area contributed by atoms with E-state index < -0.39 is 12.7 Å². The van der Waals surface area contributed by atoms with E-state index >= 15 is 0 Å². The number of hydrogen-bond acceptors (Lipinski definition) is 1. The third kappa shape index (κ3) is 6.07. The van der Waals surface area contributed by atoms with Crippen molar-refractivity contribution < 1.29 is 18.0 Å². The summed E-state index contributed by atoms with van der Waals surface area (Å²) in [6.45, 7) is -1.02. The van der Waals surface area contributed by atoms with Crippen molar-refractivity contribution in [2.75, 3.05) is 18.4 Å². The number of amides is 1. The molecule has 1 aliphatic carbocycles. The van der Waals surface area contributed by atoms with Crippen molar-refractivity contribution in [3.63, 3.8) is 0 Å². The lowest BCUT2D eigenvalue weighted by atomic mass is 9.86. The van der Waals surface area contributed by atoms with E-state index in [1.807, 2.05) is 0 Å². The number of rotatable bonds is 5. The standard InChI is InChI=1S/C12H19BrF3NO/c13-6-7-17(9-12(14,15)16)11(18)8-10-4-2-1-3-5-10/h10H,1-9H2. The number of carbonyl (C=O) groups excluding carboxylic acids is 1. The highest BCUT2D eigenvalue weighted by atomic mass is 79.9. The summed E-state index contributed by atoms with van der Waals surface area (Å²) in [6.07, 6.45) is 1.26. The van der Waals surface area contributed by atoms with E-state index in [2.05, 4.69) is 15.9 Å². The Morgan fingerprint density at radius 1 is 1.22 bits per heavy atom. The Balaban J connectivity index is 2.47. The van der Waals surface area contributed by atoms with Crippen LogP contribution in [0.4, 0.5) is 13.2 Å². The van der Waals surface area contributed by atoms with Gasteiger partial charge in [0.2, 0.25) is 5.91 Å². The van der Waals surface area contributed by atoms with E-state index in [4.69, 9.17) is 0 Å². The fourth-order valence-corrected chi connectivity index (χ4v) is 2.81. The van der Waals surface area contributed by atoms with Crippen molar-refractivity contribution in [2.24, 2.45) is 5.92 Å². The van der Waals surface area contributed by atoms with Gasteiger partial charge < -0.3 is 4.90 Å². The Kier molecular flexibility index (Phi) is 6.46. The van der Waals surface area contributed by atoms with E-state index in [9.17, 15) is 18.0 Å². The zero-order valence-electron chi connectivity index (χ0n) is 10.3. The Hall–Kier alpha value is -0.260. The van der Waals surface area contributed by atoms with Crippen molar-refractivity contribution in [1.82, 2.24) is 4.90 Å². The van der Waals surface area contributed by atoms with Crippen molar-refractivity contribution in [1.29, 1.82) is 0 Å². The smallest absolute Gasteiger partial charge is 0.333 e. The van der Waals surface area contributed by atoms with Crippen LogP contribution in [0.1, 0.15) is 38.5 Å². The maximum absolute atomic E-state index is 12.4. The summed E-state index contributed by atoms with van der Waals surface area (Å²) in [5, 5.41) is 0.374. The third-order valence-electron chi connectivity index (χ3n) is 3.27. The molecule has 1 aliphatic rings. The summed E-state index contributed by atoms with van der Waals surface area (Å²) in [5.74, 6) is -0.0871. The van der Waals surface area contributed by atoms with Crippen LogP contribution >= 0.6 is 15.9 Å². The van der Waals surface area contributed by atoms with Crippen LogP contribution in [0.25, 0.3) is 0 Å². The van der Waals surface area contributed by atoms with Crippen molar-refractivity contribution in [2.45, 2.75) is 44.7 Å². The van der Waals surface area contributed by atoms with Crippen LogP contribution in [-0.2, 0) is 4.79 Å². The molecule has 0 radical (unpaired) electrons. The minimum absolute atomic E-state index is 0.116. The lowest BCUT2D eigenvalue weighted by molar-refractivity contribution is -0.161. The summed E-state index contributed by atoms with van der Waals surface area (Å²) in [6, 6.07) is 0.